The number of nitrogens with zero attached hydrogens (tertiary/aromatic N) is 3. The van der Waals surface area contributed by atoms with E-state index in [4.69, 9.17) is 9.63 Å². The summed E-state index contributed by atoms with van der Waals surface area (Å²) < 4.78 is 6.37. The maximum Gasteiger partial charge on any atom is 0.318 e. The van der Waals surface area contributed by atoms with Crippen molar-refractivity contribution in [2.24, 2.45) is 0 Å². The Hall–Kier alpha value is -2.39. The Morgan fingerprint density at radius 3 is 2.84 bits per heavy atom. The van der Waals surface area contributed by atoms with E-state index in [2.05, 4.69) is 26.4 Å². The van der Waals surface area contributed by atoms with Gasteiger partial charge in [-0.15, -0.1) is 0 Å². The van der Waals surface area contributed by atoms with Gasteiger partial charge >= 0.3 is 6.03 Å². The number of aliphatic hydroxyl groups is 1. The summed E-state index contributed by atoms with van der Waals surface area (Å²) in [5.41, 5.74) is 1.65. The molecule has 1 saturated carbocycles. The second-order valence-corrected chi connectivity index (χ2v) is 9.01. The van der Waals surface area contributed by atoms with Gasteiger partial charge in [0.25, 0.3) is 0 Å². The van der Waals surface area contributed by atoms with E-state index in [1.54, 1.807) is 4.90 Å². The lowest BCUT2D eigenvalue weighted by Gasteiger charge is -2.39. The quantitative estimate of drug-likeness (QED) is 0.620. The third-order valence-corrected chi connectivity index (χ3v) is 6.23. The zero-order valence-corrected chi connectivity index (χ0v) is 18.9. The first-order chi connectivity index (χ1) is 15.0. The SMILES string of the molecule is O=C(CCO)N1CCC[C@@H](N(C(=O)NCc2cc(-c3cccc(Br)c3)no2)C2CC2)C1. The van der Waals surface area contributed by atoms with E-state index in [9.17, 15) is 9.59 Å². The Labute approximate surface area is 189 Å². The van der Waals surface area contributed by atoms with Crippen LogP contribution in [-0.4, -0.2) is 63.8 Å². The second-order valence-electron chi connectivity index (χ2n) is 8.10. The molecule has 31 heavy (non-hydrogen) atoms. The van der Waals surface area contributed by atoms with Crippen molar-refractivity contribution in [1.29, 1.82) is 0 Å². The van der Waals surface area contributed by atoms with Gasteiger partial charge in [0.15, 0.2) is 5.76 Å². The second kappa shape index (κ2) is 9.82. The van der Waals surface area contributed by atoms with Crippen molar-refractivity contribution in [2.75, 3.05) is 19.7 Å². The van der Waals surface area contributed by atoms with Crippen LogP contribution in [0.1, 0.15) is 37.9 Å². The van der Waals surface area contributed by atoms with Crippen LogP contribution < -0.4 is 5.32 Å². The van der Waals surface area contributed by atoms with Gasteiger partial charge in [-0.25, -0.2) is 4.79 Å². The van der Waals surface area contributed by atoms with E-state index in [0.29, 0.717) is 18.8 Å². The minimum atomic E-state index is -0.147. The number of carbonyl (C=O) groups is 2. The highest BCUT2D eigenvalue weighted by atomic mass is 79.9. The Balaban J connectivity index is 1.37. The number of amides is 3. The monoisotopic (exact) mass is 490 g/mol. The van der Waals surface area contributed by atoms with Crippen LogP contribution in [0.25, 0.3) is 11.3 Å². The molecule has 1 aromatic heterocycles. The Morgan fingerprint density at radius 2 is 2.10 bits per heavy atom. The van der Waals surface area contributed by atoms with Gasteiger partial charge in [0.1, 0.15) is 5.69 Å². The average molecular weight is 491 g/mol. The molecule has 2 N–H and O–H groups in total. The molecule has 2 heterocycles. The third-order valence-electron chi connectivity index (χ3n) is 5.74. The molecule has 1 atom stereocenters. The van der Waals surface area contributed by atoms with Gasteiger partial charge in [0.2, 0.25) is 5.91 Å². The first-order valence-electron chi connectivity index (χ1n) is 10.7. The highest BCUT2D eigenvalue weighted by molar-refractivity contribution is 9.10. The van der Waals surface area contributed by atoms with Gasteiger partial charge in [-0.3, -0.25) is 4.79 Å². The molecule has 166 valence electrons. The maximum absolute atomic E-state index is 13.0. The van der Waals surface area contributed by atoms with Gasteiger partial charge in [0.05, 0.1) is 19.2 Å². The summed E-state index contributed by atoms with van der Waals surface area (Å²) in [5.74, 6) is 0.535. The van der Waals surface area contributed by atoms with Crippen molar-refractivity contribution in [3.63, 3.8) is 0 Å². The zero-order chi connectivity index (χ0) is 21.8. The van der Waals surface area contributed by atoms with Crippen LogP contribution in [0.3, 0.4) is 0 Å². The molecule has 0 spiro atoms. The summed E-state index contributed by atoms with van der Waals surface area (Å²) in [6, 6.07) is 9.71. The van der Waals surface area contributed by atoms with Crippen molar-refractivity contribution < 1.29 is 19.2 Å². The molecular weight excluding hydrogens is 464 g/mol. The Kier molecular flexibility index (Phi) is 6.92. The number of hydrogen-bond donors (Lipinski definition) is 2. The van der Waals surface area contributed by atoms with Crippen molar-refractivity contribution in [3.8, 4) is 11.3 Å². The van der Waals surface area contributed by atoms with Gasteiger partial charge in [-0.05, 0) is 37.8 Å². The van der Waals surface area contributed by atoms with E-state index in [-0.39, 0.29) is 43.6 Å². The van der Waals surface area contributed by atoms with Crippen LogP contribution in [0.15, 0.2) is 39.3 Å². The fourth-order valence-electron chi connectivity index (χ4n) is 4.08. The Bertz CT molecular complexity index is 930. The number of hydrogen-bond acceptors (Lipinski definition) is 5. The van der Waals surface area contributed by atoms with Gasteiger partial charge in [-0.2, -0.15) is 0 Å². The minimum Gasteiger partial charge on any atom is -0.396 e. The number of halogens is 1. The molecule has 0 unspecified atom stereocenters. The molecule has 1 aromatic carbocycles. The number of carbonyl (C=O) groups excluding carboxylic acids is 2. The highest BCUT2D eigenvalue weighted by Crippen LogP contribution is 2.32. The maximum atomic E-state index is 13.0. The van der Waals surface area contributed by atoms with Crippen LogP contribution in [0.5, 0.6) is 0 Å². The molecule has 8 nitrogen and oxygen atoms in total. The van der Waals surface area contributed by atoms with Crippen LogP contribution in [0, 0.1) is 0 Å². The molecule has 2 aromatic rings. The van der Waals surface area contributed by atoms with Crippen molar-refractivity contribution in [3.05, 3.63) is 40.6 Å². The fourth-order valence-corrected chi connectivity index (χ4v) is 4.48. The molecule has 0 bridgehead atoms. The molecule has 1 aliphatic carbocycles. The third kappa shape index (κ3) is 5.46. The van der Waals surface area contributed by atoms with E-state index < -0.39 is 0 Å². The lowest BCUT2D eigenvalue weighted by molar-refractivity contribution is -0.133. The number of benzene rings is 1. The summed E-state index contributed by atoms with van der Waals surface area (Å²) >= 11 is 3.45. The predicted octanol–water partition coefficient (Wildman–Crippen LogP) is 3.15. The highest BCUT2D eigenvalue weighted by Gasteiger charge is 2.39. The van der Waals surface area contributed by atoms with Gasteiger partial charge < -0.3 is 24.7 Å². The Morgan fingerprint density at radius 1 is 1.26 bits per heavy atom. The van der Waals surface area contributed by atoms with E-state index in [0.717, 1.165) is 41.4 Å². The minimum absolute atomic E-state index is 0.00384. The number of aliphatic hydroxyl groups excluding tert-OH is 1. The lowest BCUT2D eigenvalue weighted by Crippen LogP contribution is -2.54. The molecule has 2 fully saturated rings. The standard InChI is InChI=1S/C22H27BrN4O4/c23-16-4-1-3-15(11-16)20-12-19(31-25-20)13-24-22(30)27(17-6-7-17)18-5-2-9-26(14-18)21(29)8-10-28/h1,3-4,11-12,17-18,28H,2,5-10,13-14H2,(H,24,30)/t18-/m1/s1. The van der Waals surface area contributed by atoms with E-state index >= 15 is 0 Å². The smallest absolute Gasteiger partial charge is 0.318 e. The number of urea groups is 1. The topological polar surface area (TPSA) is 98.9 Å². The van der Waals surface area contributed by atoms with Crippen LogP contribution in [0.4, 0.5) is 4.79 Å². The van der Waals surface area contributed by atoms with Crippen molar-refractivity contribution >= 4 is 27.9 Å². The first-order valence-corrected chi connectivity index (χ1v) is 11.5. The molecule has 2 aliphatic rings. The zero-order valence-electron chi connectivity index (χ0n) is 17.3. The molecule has 9 heteroatoms. The summed E-state index contributed by atoms with van der Waals surface area (Å²) in [7, 11) is 0. The van der Waals surface area contributed by atoms with Crippen LogP contribution in [0.2, 0.25) is 0 Å². The normalized spacial score (nSPS) is 18.6. The number of rotatable bonds is 7. The average Bonchev–Trinajstić information content (AvgIpc) is 3.48. The van der Waals surface area contributed by atoms with E-state index in [1.807, 2.05) is 35.2 Å². The fraction of sp³-hybridized carbons (Fsp3) is 0.500. The summed E-state index contributed by atoms with van der Waals surface area (Å²) in [6.45, 7) is 1.32. The number of nitrogens with one attached hydrogen (secondary N) is 1. The predicted molar refractivity (Wildman–Crippen MR) is 118 cm³/mol. The molecule has 1 aliphatic heterocycles. The number of aromatic nitrogens is 1. The summed E-state index contributed by atoms with van der Waals surface area (Å²) in [5, 5.41) is 16.1. The lowest BCUT2D eigenvalue weighted by atomic mass is 10.0. The van der Waals surface area contributed by atoms with Gasteiger partial charge in [-0.1, -0.05) is 33.2 Å². The van der Waals surface area contributed by atoms with Crippen molar-refractivity contribution in [1.82, 2.24) is 20.3 Å². The number of piperidine rings is 1. The first kappa shape index (κ1) is 21.8. The van der Waals surface area contributed by atoms with Gasteiger partial charge in [0, 0.05) is 41.7 Å². The summed E-state index contributed by atoms with van der Waals surface area (Å²) in [6.07, 6.45) is 3.85. The molecule has 3 amide bonds. The van der Waals surface area contributed by atoms with Crippen LogP contribution >= 0.6 is 15.9 Å². The van der Waals surface area contributed by atoms with Crippen LogP contribution in [-0.2, 0) is 11.3 Å². The van der Waals surface area contributed by atoms with E-state index in [1.165, 1.54) is 0 Å². The molecular formula is C22H27BrN4O4. The molecule has 4 rings (SSSR count). The molecule has 0 radical (unpaired) electrons. The summed E-state index contributed by atoms with van der Waals surface area (Å²) in [4.78, 5) is 28.9. The molecule has 1 saturated heterocycles. The van der Waals surface area contributed by atoms with Crippen molar-refractivity contribution in [2.45, 2.75) is 50.7 Å². The largest absolute Gasteiger partial charge is 0.396 e. The number of likely N-dealkylation sites (tertiary alicyclic amines) is 1.